The maximum atomic E-state index is 13.4. The fourth-order valence-electron chi connectivity index (χ4n) is 5.73. The van der Waals surface area contributed by atoms with Gasteiger partial charge >= 0.3 is 12.1 Å². The van der Waals surface area contributed by atoms with E-state index in [-0.39, 0.29) is 6.61 Å². The smallest absolute Gasteiger partial charge is 0.407 e. The number of H-pyrrole nitrogens is 1. The predicted molar refractivity (Wildman–Crippen MR) is 163 cm³/mol. The van der Waals surface area contributed by atoms with E-state index in [0.29, 0.717) is 55.8 Å². The van der Waals surface area contributed by atoms with E-state index in [2.05, 4.69) is 25.9 Å². The minimum Gasteiger partial charge on any atom is -0.465 e. The number of hydrogen-bond donors (Lipinski definition) is 5. The Morgan fingerprint density at radius 1 is 1.00 bits per heavy atom. The Morgan fingerprint density at radius 2 is 1.80 bits per heavy atom. The molecule has 2 aliphatic rings. The van der Waals surface area contributed by atoms with E-state index < -0.39 is 35.5 Å². The van der Waals surface area contributed by atoms with Gasteiger partial charge in [-0.1, -0.05) is 42.5 Å². The van der Waals surface area contributed by atoms with Crippen LogP contribution in [0.4, 0.5) is 16.3 Å². The van der Waals surface area contributed by atoms with E-state index >= 15 is 0 Å². The second-order valence-electron chi connectivity index (χ2n) is 11.0. The fraction of sp³-hybridized carbons (Fsp3) is 0.281. The Balaban J connectivity index is 1.11. The molecule has 2 aromatic carbocycles. The molecule has 2 aliphatic heterocycles. The van der Waals surface area contributed by atoms with Gasteiger partial charge in [-0.15, -0.1) is 0 Å². The van der Waals surface area contributed by atoms with Gasteiger partial charge in [0.15, 0.2) is 5.54 Å². The number of fused-ring (bicyclic) bond motifs is 1. The maximum absolute atomic E-state index is 13.4. The van der Waals surface area contributed by atoms with Gasteiger partial charge in [-0.25, -0.2) is 14.6 Å². The van der Waals surface area contributed by atoms with Crippen LogP contribution in [0.25, 0.3) is 22.3 Å². The molecular formula is C32H32N6O6. The van der Waals surface area contributed by atoms with Crippen LogP contribution in [0, 0.1) is 0 Å². The number of carbonyl (C=O) groups is 4. The van der Waals surface area contributed by atoms with Gasteiger partial charge in [0.2, 0.25) is 5.91 Å². The summed E-state index contributed by atoms with van der Waals surface area (Å²) in [6, 6.07) is 21.1. The van der Waals surface area contributed by atoms with Crippen molar-refractivity contribution in [2.45, 2.75) is 43.9 Å². The number of amides is 3. The number of benzene rings is 2. The van der Waals surface area contributed by atoms with Gasteiger partial charge in [0, 0.05) is 17.9 Å². The van der Waals surface area contributed by atoms with Crippen molar-refractivity contribution in [3.63, 3.8) is 0 Å². The quantitative estimate of drug-likeness (QED) is 0.150. The molecule has 12 heteroatoms. The lowest BCUT2D eigenvalue weighted by Gasteiger charge is -2.26. The zero-order valence-corrected chi connectivity index (χ0v) is 23.8. The molecule has 6 rings (SSSR count). The molecule has 44 heavy (non-hydrogen) atoms. The molecule has 2 fully saturated rings. The van der Waals surface area contributed by atoms with Gasteiger partial charge in [-0.05, 0) is 73.7 Å². The first kappa shape index (κ1) is 28.9. The molecule has 12 nitrogen and oxygen atoms in total. The van der Waals surface area contributed by atoms with Gasteiger partial charge in [0.1, 0.15) is 18.5 Å². The molecule has 2 saturated heterocycles. The van der Waals surface area contributed by atoms with E-state index in [1.165, 1.54) is 0 Å². The summed E-state index contributed by atoms with van der Waals surface area (Å²) in [7, 11) is 0. The van der Waals surface area contributed by atoms with Crippen LogP contribution in [0.2, 0.25) is 0 Å². The molecule has 2 aromatic heterocycles. The number of pyridine rings is 1. The number of hydrogen-bond acceptors (Lipinski definition) is 7. The van der Waals surface area contributed by atoms with Crippen molar-refractivity contribution in [2.75, 3.05) is 23.7 Å². The molecule has 0 saturated carbocycles. The topological polar surface area (TPSA) is 166 Å². The Morgan fingerprint density at radius 3 is 2.52 bits per heavy atom. The van der Waals surface area contributed by atoms with E-state index in [0.717, 1.165) is 27.2 Å². The number of carbonyl (C=O) groups excluding carboxylic acids is 3. The zero-order valence-electron chi connectivity index (χ0n) is 23.8. The number of esters is 1. The molecule has 5 N–H and O–H groups in total. The van der Waals surface area contributed by atoms with E-state index in [1.54, 1.807) is 24.3 Å². The van der Waals surface area contributed by atoms with Gasteiger partial charge < -0.3 is 25.5 Å². The third-order valence-corrected chi connectivity index (χ3v) is 8.09. The molecule has 4 aromatic rings. The number of nitrogens with one attached hydrogen (secondary N) is 4. The van der Waals surface area contributed by atoms with Crippen molar-refractivity contribution in [3.8, 4) is 11.3 Å². The molecule has 4 heterocycles. The number of ether oxygens (including phenoxy) is 1. The third-order valence-electron chi connectivity index (χ3n) is 8.09. The number of nitrogens with zero attached hydrogens (tertiary/aromatic N) is 2. The first-order chi connectivity index (χ1) is 21.3. The summed E-state index contributed by atoms with van der Waals surface area (Å²) in [6.45, 7) is 0.957. The van der Waals surface area contributed by atoms with Crippen LogP contribution >= 0.6 is 0 Å². The standard InChI is InChI=1S/C32H32N6O6/c39-28(26-8-4-17-38(26)31(42)43)37-27-14-13-23-25(36-27)18-24(35-23)21-9-11-22(12-10-21)34-29(40)32(15-5-16-33-32)30(41)44-19-20-6-2-1-3-7-20/h1-3,6-7,9-14,18,26,33,35H,4-5,8,15-17,19H2,(H,34,40)(H,42,43)(H,36,37,39)/t26-,32-/m0/s1. The molecule has 226 valence electrons. The summed E-state index contributed by atoms with van der Waals surface area (Å²) in [5.74, 6) is -1.13. The van der Waals surface area contributed by atoms with Crippen LogP contribution in [-0.2, 0) is 25.7 Å². The van der Waals surface area contributed by atoms with Gasteiger partial charge in [0.25, 0.3) is 5.91 Å². The minimum atomic E-state index is -1.45. The highest BCUT2D eigenvalue weighted by Crippen LogP contribution is 2.28. The summed E-state index contributed by atoms with van der Waals surface area (Å²) < 4.78 is 5.53. The Kier molecular flexibility index (Phi) is 7.99. The number of aromatic nitrogens is 2. The highest BCUT2D eigenvalue weighted by molar-refractivity contribution is 6.13. The maximum Gasteiger partial charge on any atom is 0.407 e. The molecule has 0 aliphatic carbocycles. The number of likely N-dealkylation sites (tertiary alicyclic amines) is 1. The largest absolute Gasteiger partial charge is 0.465 e. The van der Waals surface area contributed by atoms with Crippen molar-refractivity contribution in [3.05, 3.63) is 78.4 Å². The lowest BCUT2D eigenvalue weighted by molar-refractivity contribution is -0.155. The Hall–Kier alpha value is -5.23. The molecule has 0 unspecified atom stereocenters. The average Bonchev–Trinajstić information content (AvgIpc) is 3.81. The lowest BCUT2D eigenvalue weighted by Crippen LogP contribution is -2.57. The van der Waals surface area contributed by atoms with E-state index in [1.807, 2.05) is 48.5 Å². The molecule has 3 amide bonds. The van der Waals surface area contributed by atoms with E-state index in [4.69, 9.17) is 4.74 Å². The zero-order chi connectivity index (χ0) is 30.7. The third kappa shape index (κ3) is 5.84. The first-order valence-electron chi connectivity index (χ1n) is 14.5. The van der Waals surface area contributed by atoms with Crippen molar-refractivity contribution < 1.29 is 29.0 Å². The second kappa shape index (κ2) is 12.2. The molecule has 2 atom stereocenters. The van der Waals surface area contributed by atoms with Crippen LogP contribution in [0.15, 0.2) is 72.8 Å². The van der Waals surface area contributed by atoms with E-state index in [9.17, 15) is 24.3 Å². The van der Waals surface area contributed by atoms with Crippen molar-refractivity contribution in [1.29, 1.82) is 0 Å². The fourth-order valence-corrected chi connectivity index (χ4v) is 5.73. The Bertz CT molecular complexity index is 1700. The van der Waals surface area contributed by atoms with Crippen molar-refractivity contribution in [2.24, 2.45) is 0 Å². The number of rotatable bonds is 8. The SMILES string of the molecule is O=C(Nc1ccc2[nH]c(-c3ccc(NC(=O)[C@]4(C(=O)OCc5ccccc5)CCCN4)cc3)cc2n1)[C@@H]1CCCN1C(=O)O. The molecular weight excluding hydrogens is 564 g/mol. The van der Waals surface area contributed by atoms with Crippen LogP contribution < -0.4 is 16.0 Å². The molecule has 0 bridgehead atoms. The van der Waals surface area contributed by atoms with Crippen molar-refractivity contribution in [1.82, 2.24) is 20.2 Å². The predicted octanol–water partition coefficient (Wildman–Crippen LogP) is 4.11. The van der Waals surface area contributed by atoms with Crippen LogP contribution in [0.1, 0.15) is 31.2 Å². The summed E-state index contributed by atoms with van der Waals surface area (Å²) in [4.78, 5) is 59.5. The van der Waals surface area contributed by atoms with Crippen LogP contribution in [0.3, 0.4) is 0 Å². The van der Waals surface area contributed by atoms with Crippen molar-refractivity contribution >= 4 is 46.4 Å². The lowest BCUT2D eigenvalue weighted by atomic mass is 9.96. The van der Waals surface area contributed by atoms with Gasteiger partial charge in [-0.2, -0.15) is 0 Å². The van der Waals surface area contributed by atoms with Gasteiger partial charge in [0.05, 0.1) is 11.0 Å². The number of anilines is 2. The molecule has 0 spiro atoms. The summed E-state index contributed by atoms with van der Waals surface area (Å²) >= 11 is 0. The minimum absolute atomic E-state index is 0.0855. The number of carboxylic acid groups (broad SMARTS) is 1. The monoisotopic (exact) mass is 596 g/mol. The summed E-state index contributed by atoms with van der Waals surface area (Å²) in [5.41, 5.74) is 2.92. The van der Waals surface area contributed by atoms with Gasteiger partial charge in [-0.3, -0.25) is 19.8 Å². The molecule has 0 radical (unpaired) electrons. The summed E-state index contributed by atoms with van der Waals surface area (Å²) in [5, 5.41) is 18.0. The summed E-state index contributed by atoms with van der Waals surface area (Å²) in [6.07, 6.45) is 1.02. The van der Waals surface area contributed by atoms with Crippen LogP contribution in [0.5, 0.6) is 0 Å². The second-order valence-corrected chi connectivity index (χ2v) is 11.0. The van der Waals surface area contributed by atoms with Crippen LogP contribution in [-0.4, -0.2) is 68.5 Å². The highest BCUT2D eigenvalue weighted by Gasteiger charge is 2.49. The number of aromatic amines is 1. The average molecular weight is 597 g/mol. The highest BCUT2D eigenvalue weighted by atomic mass is 16.5. The Labute approximate surface area is 252 Å². The first-order valence-corrected chi connectivity index (χ1v) is 14.5. The normalized spacial score (nSPS) is 19.5.